The third-order valence-electron chi connectivity index (χ3n) is 2.64. The molecule has 102 valence electrons. The molecular formula is C13H14O5S. The van der Waals surface area contributed by atoms with E-state index in [0.717, 1.165) is 13.8 Å². The van der Waals surface area contributed by atoms with Crippen LogP contribution in [0.4, 0.5) is 0 Å². The number of ketones is 3. The summed E-state index contributed by atoms with van der Waals surface area (Å²) in [6.07, 6.45) is 0. The van der Waals surface area contributed by atoms with Crippen LogP contribution in [-0.2, 0) is 19.4 Å². The molecule has 0 spiro atoms. The molecule has 0 aliphatic rings. The highest BCUT2D eigenvalue weighted by atomic mass is 32.2. The van der Waals surface area contributed by atoms with Gasteiger partial charge in [0.05, 0.1) is 4.90 Å². The summed E-state index contributed by atoms with van der Waals surface area (Å²) >= 11 is 0. The van der Waals surface area contributed by atoms with E-state index in [1.165, 1.54) is 31.2 Å². The molecule has 1 aromatic rings. The van der Waals surface area contributed by atoms with Crippen molar-refractivity contribution >= 4 is 27.2 Å². The molecule has 0 saturated heterocycles. The summed E-state index contributed by atoms with van der Waals surface area (Å²) in [7, 11) is -4.05. The molecule has 0 bridgehead atoms. The molecule has 0 aromatic heterocycles. The van der Waals surface area contributed by atoms with Crippen LogP contribution in [0.2, 0.25) is 0 Å². The fourth-order valence-corrected chi connectivity index (χ4v) is 3.40. The predicted octanol–water partition coefficient (Wildman–Crippen LogP) is 1.21. The molecule has 0 fully saturated rings. The van der Waals surface area contributed by atoms with Gasteiger partial charge in [-0.3, -0.25) is 14.4 Å². The second kappa shape index (κ2) is 5.44. The molecule has 0 radical (unpaired) electrons. The van der Waals surface area contributed by atoms with E-state index in [-0.39, 0.29) is 10.7 Å². The number of rotatable bonds is 5. The Morgan fingerprint density at radius 2 is 1.32 bits per heavy atom. The van der Waals surface area contributed by atoms with Crippen molar-refractivity contribution in [3.63, 3.8) is 0 Å². The van der Waals surface area contributed by atoms with Crippen molar-refractivity contribution in [1.29, 1.82) is 0 Å². The van der Waals surface area contributed by atoms with Crippen LogP contribution in [0, 0.1) is 0 Å². The predicted molar refractivity (Wildman–Crippen MR) is 68.8 cm³/mol. The SMILES string of the molecule is CC(=O)c1ccc(S(=O)(=O)C(C(C)=O)C(C)=O)cc1. The minimum atomic E-state index is -4.05. The lowest BCUT2D eigenvalue weighted by Crippen LogP contribution is -2.35. The minimum absolute atomic E-state index is 0.145. The first-order valence-corrected chi connectivity index (χ1v) is 7.08. The Labute approximate surface area is 111 Å². The average Bonchev–Trinajstić information content (AvgIpc) is 2.27. The van der Waals surface area contributed by atoms with E-state index in [1.807, 2.05) is 0 Å². The molecule has 0 saturated carbocycles. The number of carbonyl (C=O) groups excluding carboxylic acids is 3. The molecule has 5 nitrogen and oxygen atoms in total. The van der Waals surface area contributed by atoms with Crippen LogP contribution in [0.1, 0.15) is 31.1 Å². The van der Waals surface area contributed by atoms with E-state index in [4.69, 9.17) is 0 Å². The summed E-state index contributed by atoms with van der Waals surface area (Å²) in [5.74, 6) is -1.63. The third-order valence-corrected chi connectivity index (χ3v) is 4.85. The third kappa shape index (κ3) is 3.14. The van der Waals surface area contributed by atoms with E-state index >= 15 is 0 Å². The maximum Gasteiger partial charge on any atom is 0.195 e. The Morgan fingerprint density at radius 3 is 1.63 bits per heavy atom. The van der Waals surface area contributed by atoms with Gasteiger partial charge >= 0.3 is 0 Å². The normalized spacial score (nSPS) is 11.4. The molecule has 0 aliphatic heterocycles. The van der Waals surface area contributed by atoms with Gasteiger partial charge in [-0.2, -0.15) is 0 Å². The molecule has 0 N–H and O–H groups in total. The van der Waals surface area contributed by atoms with Crippen molar-refractivity contribution in [2.75, 3.05) is 0 Å². The van der Waals surface area contributed by atoms with Crippen LogP contribution in [0.5, 0.6) is 0 Å². The lowest BCUT2D eigenvalue weighted by molar-refractivity contribution is -0.124. The average molecular weight is 282 g/mol. The Bertz CT molecular complexity index is 612. The minimum Gasteiger partial charge on any atom is -0.298 e. The van der Waals surface area contributed by atoms with Crippen molar-refractivity contribution in [2.24, 2.45) is 0 Å². The first kappa shape index (κ1) is 15.2. The topological polar surface area (TPSA) is 85.3 Å². The summed E-state index contributed by atoms with van der Waals surface area (Å²) < 4.78 is 24.3. The molecular weight excluding hydrogens is 268 g/mol. The number of benzene rings is 1. The summed E-state index contributed by atoms with van der Waals surface area (Å²) in [6, 6.07) is 5.16. The second-order valence-corrected chi connectivity index (χ2v) is 6.26. The number of Topliss-reactive ketones (excluding diaryl/α,β-unsaturated/α-hetero) is 3. The first-order valence-electron chi connectivity index (χ1n) is 5.53. The molecule has 0 atom stereocenters. The van der Waals surface area contributed by atoms with Crippen molar-refractivity contribution in [2.45, 2.75) is 30.9 Å². The van der Waals surface area contributed by atoms with Crippen LogP contribution < -0.4 is 0 Å². The Hall–Kier alpha value is -1.82. The highest BCUT2D eigenvalue weighted by molar-refractivity contribution is 7.93. The van der Waals surface area contributed by atoms with Crippen LogP contribution in [0.25, 0.3) is 0 Å². The Kier molecular flexibility index (Phi) is 4.36. The van der Waals surface area contributed by atoms with E-state index in [9.17, 15) is 22.8 Å². The smallest absolute Gasteiger partial charge is 0.195 e. The van der Waals surface area contributed by atoms with Crippen LogP contribution in [0.3, 0.4) is 0 Å². The van der Waals surface area contributed by atoms with Crippen molar-refractivity contribution in [3.8, 4) is 0 Å². The lowest BCUT2D eigenvalue weighted by atomic mass is 10.2. The standard InChI is InChI=1S/C13H14O5S/c1-8(14)11-4-6-12(7-5-11)19(17,18)13(9(2)15)10(3)16/h4-7,13H,1-3H3. The zero-order valence-corrected chi connectivity index (χ0v) is 11.7. The van der Waals surface area contributed by atoms with Crippen LogP contribution >= 0.6 is 0 Å². The summed E-state index contributed by atoms with van der Waals surface area (Å²) in [5.41, 5.74) is 0.362. The first-order chi connectivity index (χ1) is 8.67. The second-order valence-electron chi connectivity index (χ2n) is 4.23. The fraction of sp³-hybridized carbons (Fsp3) is 0.308. The van der Waals surface area contributed by atoms with Crippen molar-refractivity contribution < 1.29 is 22.8 Å². The molecule has 19 heavy (non-hydrogen) atoms. The molecule has 1 aromatic carbocycles. The van der Waals surface area contributed by atoms with Crippen LogP contribution in [-0.4, -0.2) is 31.0 Å². The summed E-state index contributed by atoms with van der Waals surface area (Å²) in [5, 5.41) is -1.68. The molecule has 0 aliphatic carbocycles. The van der Waals surface area contributed by atoms with Gasteiger partial charge in [0.1, 0.15) is 0 Å². The van der Waals surface area contributed by atoms with Crippen LogP contribution in [0.15, 0.2) is 29.2 Å². The number of hydrogen-bond acceptors (Lipinski definition) is 5. The maximum absolute atomic E-state index is 12.2. The Morgan fingerprint density at radius 1 is 0.895 bits per heavy atom. The van der Waals surface area contributed by atoms with Gasteiger partial charge in [-0.05, 0) is 32.9 Å². The quantitative estimate of drug-likeness (QED) is 0.598. The number of carbonyl (C=O) groups is 3. The summed E-state index contributed by atoms with van der Waals surface area (Å²) in [4.78, 5) is 33.6. The highest BCUT2D eigenvalue weighted by Gasteiger charge is 2.35. The van der Waals surface area contributed by atoms with E-state index < -0.39 is 26.7 Å². The number of sulfone groups is 1. The van der Waals surface area contributed by atoms with Gasteiger partial charge in [0.15, 0.2) is 32.4 Å². The van der Waals surface area contributed by atoms with Gasteiger partial charge in [-0.1, -0.05) is 12.1 Å². The largest absolute Gasteiger partial charge is 0.298 e. The molecule has 1 rings (SSSR count). The van der Waals surface area contributed by atoms with E-state index in [1.54, 1.807) is 0 Å². The van der Waals surface area contributed by atoms with E-state index in [2.05, 4.69) is 0 Å². The fourth-order valence-electron chi connectivity index (χ4n) is 1.74. The molecule has 0 heterocycles. The molecule has 0 amide bonds. The van der Waals surface area contributed by atoms with Gasteiger partial charge in [0, 0.05) is 5.56 Å². The van der Waals surface area contributed by atoms with E-state index in [0.29, 0.717) is 5.56 Å². The van der Waals surface area contributed by atoms with Gasteiger partial charge in [-0.15, -0.1) is 0 Å². The lowest BCUT2D eigenvalue weighted by Gasteiger charge is -2.12. The molecule has 0 unspecified atom stereocenters. The highest BCUT2D eigenvalue weighted by Crippen LogP contribution is 2.18. The van der Waals surface area contributed by atoms with Crippen molar-refractivity contribution in [3.05, 3.63) is 29.8 Å². The monoisotopic (exact) mass is 282 g/mol. The van der Waals surface area contributed by atoms with Crippen molar-refractivity contribution in [1.82, 2.24) is 0 Å². The van der Waals surface area contributed by atoms with Gasteiger partial charge in [0.2, 0.25) is 0 Å². The Balaban J connectivity index is 3.30. The zero-order valence-electron chi connectivity index (χ0n) is 10.8. The maximum atomic E-state index is 12.2. The number of hydrogen-bond donors (Lipinski definition) is 0. The van der Waals surface area contributed by atoms with Gasteiger partial charge in [0.25, 0.3) is 0 Å². The zero-order chi connectivity index (χ0) is 14.8. The van der Waals surface area contributed by atoms with Gasteiger partial charge in [-0.25, -0.2) is 8.42 Å². The summed E-state index contributed by atoms with van der Waals surface area (Å²) in [6.45, 7) is 3.48. The van der Waals surface area contributed by atoms with Gasteiger partial charge < -0.3 is 0 Å². The molecule has 6 heteroatoms.